The van der Waals surface area contributed by atoms with Crippen LogP contribution in [0.25, 0.3) is 11.5 Å². The van der Waals surface area contributed by atoms with E-state index in [2.05, 4.69) is 36.1 Å². The first-order valence-electron chi connectivity index (χ1n) is 12.7. The first kappa shape index (κ1) is 23.0. The first-order chi connectivity index (χ1) is 17.7. The summed E-state index contributed by atoms with van der Waals surface area (Å²) in [6, 6.07) is 9.25. The molecule has 190 valence electrons. The van der Waals surface area contributed by atoms with Crippen molar-refractivity contribution in [1.82, 2.24) is 25.2 Å². The van der Waals surface area contributed by atoms with Crippen LogP contribution >= 0.6 is 0 Å². The van der Waals surface area contributed by atoms with Gasteiger partial charge < -0.3 is 28.4 Å². The molecule has 36 heavy (non-hydrogen) atoms. The van der Waals surface area contributed by atoms with E-state index in [1.54, 1.807) is 29.4 Å². The molecule has 0 aliphatic carbocycles. The molecule has 1 unspecified atom stereocenters. The molecule has 1 atom stereocenters. The number of carbonyl (C=O) groups excluding carboxylic acids is 1. The van der Waals surface area contributed by atoms with E-state index in [0.29, 0.717) is 43.8 Å². The fourth-order valence-electron chi connectivity index (χ4n) is 5.10. The third-order valence-corrected chi connectivity index (χ3v) is 7.20. The van der Waals surface area contributed by atoms with Gasteiger partial charge in [-0.1, -0.05) is 5.16 Å². The zero-order chi connectivity index (χ0) is 24.3. The Morgan fingerprint density at radius 2 is 1.64 bits per heavy atom. The molecule has 1 amide bonds. The van der Waals surface area contributed by atoms with Gasteiger partial charge in [0.1, 0.15) is 0 Å². The van der Waals surface area contributed by atoms with E-state index in [9.17, 15) is 4.79 Å². The number of hydrogen-bond donors (Lipinski definition) is 0. The van der Waals surface area contributed by atoms with E-state index in [1.807, 2.05) is 6.07 Å². The van der Waals surface area contributed by atoms with Gasteiger partial charge in [0.15, 0.2) is 23.1 Å². The highest BCUT2D eigenvalue weighted by Gasteiger charge is 2.27. The highest BCUT2D eigenvalue weighted by atomic mass is 16.5. The van der Waals surface area contributed by atoms with Gasteiger partial charge in [-0.15, -0.1) is 10.2 Å². The van der Waals surface area contributed by atoms with Crippen molar-refractivity contribution in [1.29, 1.82) is 0 Å². The van der Waals surface area contributed by atoms with Crippen molar-refractivity contribution < 1.29 is 18.5 Å². The monoisotopic (exact) mass is 493 g/mol. The molecule has 3 saturated heterocycles. The Labute approximate surface area is 209 Å². The standard InChI is InChI=1S/C25H31N7O4/c33-25(20-17-22(36-28-20)21-4-2-16-35-21)32-13-11-31(12-14-32)24-6-5-23(26-27-24)30-9-7-29(8-10-30)18-19-3-1-15-34-19/h2,4-6,16-17,19H,1,3,7-15,18H2. The molecular weight excluding hydrogens is 462 g/mol. The van der Waals surface area contributed by atoms with E-state index in [4.69, 9.17) is 13.7 Å². The van der Waals surface area contributed by atoms with Crippen LogP contribution in [0, 0.1) is 0 Å². The molecule has 6 rings (SSSR count). The van der Waals surface area contributed by atoms with Crippen molar-refractivity contribution in [3.63, 3.8) is 0 Å². The molecule has 3 aliphatic heterocycles. The lowest BCUT2D eigenvalue weighted by Crippen LogP contribution is -2.49. The van der Waals surface area contributed by atoms with Crippen LogP contribution in [0.4, 0.5) is 11.6 Å². The minimum atomic E-state index is -0.142. The van der Waals surface area contributed by atoms with E-state index in [0.717, 1.165) is 51.0 Å². The minimum absolute atomic E-state index is 0.142. The number of hydrogen-bond acceptors (Lipinski definition) is 10. The smallest absolute Gasteiger partial charge is 0.276 e. The average Bonchev–Trinajstić information content (AvgIpc) is 3.72. The number of amides is 1. The van der Waals surface area contributed by atoms with Gasteiger partial charge in [-0.25, -0.2) is 0 Å². The molecule has 6 heterocycles. The molecule has 0 N–H and O–H groups in total. The quantitative estimate of drug-likeness (QED) is 0.506. The first-order valence-corrected chi connectivity index (χ1v) is 12.7. The molecule has 0 saturated carbocycles. The van der Waals surface area contributed by atoms with E-state index in [1.165, 1.54) is 12.8 Å². The van der Waals surface area contributed by atoms with Gasteiger partial charge in [-0.05, 0) is 37.1 Å². The van der Waals surface area contributed by atoms with Crippen molar-refractivity contribution in [3.8, 4) is 11.5 Å². The minimum Gasteiger partial charge on any atom is -0.461 e. The number of anilines is 2. The average molecular weight is 494 g/mol. The third-order valence-electron chi connectivity index (χ3n) is 7.20. The molecule has 3 aromatic rings. The largest absolute Gasteiger partial charge is 0.461 e. The van der Waals surface area contributed by atoms with Crippen molar-refractivity contribution >= 4 is 17.5 Å². The fourth-order valence-corrected chi connectivity index (χ4v) is 5.10. The summed E-state index contributed by atoms with van der Waals surface area (Å²) in [5, 5.41) is 12.9. The second-order valence-electron chi connectivity index (χ2n) is 9.51. The Bertz CT molecular complexity index is 1130. The van der Waals surface area contributed by atoms with Crippen LogP contribution in [0.15, 0.2) is 45.5 Å². The maximum atomic E-state index is 12.9. The van der Waals surface area contributed by atoms with E-state index < -0.39 is 0 Å². The van der Waals surface area contributed by atoms with Crippen LogP contribution in [0.3, 0.4) is 0 Å². The molecule has 3 aliphatic rings. The summed E-state index contributed by atoms with van der Waals surface area (Å²) >= 11 is 0. The number of piperazine rings is 2. The van der Waals surface area contributed by atoms with Crippen LogP contribution in [0.5, 0.6) is 0 Å². The predicted molar refractivity (Wildman–Crippen MR) is 132 cm³/mol. The summed E-state index contributed by atoms with van der Waals surface area (Å²) in [7, 11) is 0. The van der Waals surface area contributed by atoms with E-state index >= 15 is 0 Å². The normalized spacial score (nSPS) is 21.3. The number of furan rings is 1. The van der Waals surface area contributed by atoms with Gasteiger partial charge in [0.2, 0.25) is 5.76 Å². The van der Waals surface area contributed by atoms with Crippen LogP contribution in [-0.4, -0.2) is 103 Å². The Hall–Kier alpha value is -3.44. The van der Waals surface area contributed by atoms with Gasteiger partial charge in [0.25, 0.3) is 5.91 Å². The molecule has 11 nitrogen and oxygen atoms in total. The Balaban J connectivity index is 0.988. The van der Waals surface area contributed by atoms with Gasteiger partial charge in [-0.2, -0.15) is 0 Å². The van der Waals surface area contributed by atoms with Crippen molar-refractivity contribution in [2.75, 3.05) is 75.3 Å². The number of rotatable bonds is 6. The maximum absolute atomic E-state index is 12.9. The van der Waals surface area contributed by atoms with Crippen LogP contribution in [-0.2, 0) is 4.74 Å². The lowest BCUT2D eigenvalue weighted by atomic mass is 10.2. The van der Waals surface area contributed by atoms with Crippen molar-refractivity contribution in [3.05, 3.63) is 42.3 Å². The van der Waals surface area contributed by atoms with E-state index in [-0.39, 0.29) is 11.6 Å². The summed E-state index contributed by atoms with van der Waals surface area (Å²) in [6.07, 6.45) is 4.33. The molecule has 0 spiro atoms. The highest BCUT2D eigenvalue weighted by Crippen LogP contribution is 2.23. The summed E-state index contributed by atoms with van der Waals surface area (Å²) < 4.78 is 16.4. The topological polar surface area (TPSA) is 104 Å². The summed E-state index contributed by atoms with van der Waals surface area (Å²) in [5.74, 6) is 2.61. The Morgan fingerprint density at radius 3 is 2.25 bits per heavy atom. The fraction of sp³-hybridized carbons (Fsp3) is 0.520. The highest BCUT2D eigenvalue weighted by molar-refractivity contribution is 5.93. The van der Waals surface area contributed by atoms with Crippen LogP contribution in [0.2, 0.25) is 0 Å². The molecule has 3 fully saturated rings. The second-order valence-corrected chi connectivity index (χ2v) is 9.51. The zero-order valence-corrected chi connectivity index (χ0v) is 20.3. The predicted octanol–water partition coefficient (Wildman–Crippen LogP) is 1.99. The molecule has 3 aromatic heterocycles. The number of nitrogens with zero attached hydrogens (tertiary/aromatic N) is 7. The Kier molecular flexibility index (Phi) is 6.56. The lowest BCUT2D eigenvalue weighted by Gasteiger charge is -2.36. The summed E-state index contributed by atoms with van der Waals surface area (Å²) in [4.78, 5) is 21.6. The number of ether oxygens (including phenoxy) is 1. The number of carbonyl (C=O) groups is 1. The van der Waals surface area contributed by atoms with Crippen molar-refractivity contribution in [2.45, 2.75) is 18.9 Å². The maximum Gasteiger partial charge on any atom is 0.276 e. The lowest BCUT2D eigenvalue weighted by molar-refractivity contribution is 0.0712. The number of aromatic nitrogens is 3. The van der Waals surface area contributed by atoms with Gasteiger partial charge >= 0.3 is 0 Å². The van der Waals surface area contributed by atoms with Gasteiger partial charge in [-0.3, -0.25) is 9.69 Å². The van der Waals surface area contributed by atoms with Gasteiger partial charge in [0.05, 0.1) is 12.4 Å². The summed E-state index contributed by atoms with van der Waals surface area (Å²) in [6.45, 7) is 8.42. The van der Waals surface area contributed by atoms with Crippen LogP contribution in [0.1, 0.15) is 23.3 Å². The third kappa shape index (κ3) is 4.93. The molecular formula is C25H31N7O4. The zero-order valence-electron chi connectivity index (χ0n) is 20.3. The SMILES string of the molecule is O=C(c1cc(-c2ccco2)on1)N1CCN(c2ccc(N3CCN(CC4CCCO4)CC3)nn2)CC1. The molecule has 0 aromatic carbocycles. The van der Waals surface area contributed by atoms with Crippen LogP contribution < -0.4 is 9.80 Å². The van der Waals surface area contributed by atoms with Crippen molar-refractivity contribution in [2.24, 2.45) is 0 Å². The second kappa shape index (κ2) is 10.3. The summed E-state index contributed by atoms with van der Waals surface area (Å²) in [5.41, 5.74) is 0.287. The molecule has 0 radical (unpaired) electrons. The molecule has 11 heteroatoms. The molecule has 0 bridgehead atoms. The van der Waals surface area contributed by atoms with Gasteiger partial charge in [0, 0.05) is 71.6 Å². The Morgan fingerprint density at radius 1 is 0.917 bits per heavy atom.